The van der Waals surface area contributed by atoms with E-state index in [2.05, 4.69) is 0 Å². The van der Waals surface area contributed by atoms with Gasteiger partial charge in [0.2, 0.25) is 0 Å². The second kappa shape index (κ2) is 13.7. The molecule has 0 bridgehead atoms. The van der Waals surface area contributed by atoms with Crippen molar-refractivity contribution in [2.45, 2.75) is 41.0 Å². The summed E-state index contributed by atoms with van der Waals surface area (Å²) in [7, 11) is 0. The minimum absolute atomic E-state index is 0.238. The molecule has 1 aromatic rings. The minimum Gasteiger partial charge on any atom is -0.462 e. The zero-order chi connectivity index (χ0) is 12.8. The zero-order valence-corrected chi connectivity index (χ0v) is 11.1. The van der Waals surface area contributed by atoms with Crippen LogP contribution >= 0.6 is 0 Å². The fourth-order valence-electron chi connectivity index (χ4n) is 0.852. The van der Waals surface area contributed by atoms with Crippen molar-refractivity contribution in [3.8, 4) is 0 Å². The summed E-state index contributed by atoms with van der Waals surface area (Å²) < 4.78 is 4.94. The summed E-state index contributed by atoms with van der Waals surface area (Å²) >= 11 is 0. The first-order chi connectivity index (χ1) is 7.84. The summed E-state index contributed by atoms with van der Waals surface area (Å²) in [4.78, 5) is 11.2. The molecule has 0 unspecified atom stereocenters. The molecule has 2 nitrogen and oxygen atoms in total. The van der Waals surface area contributed by atoms with Crippen LogP contribution in [0.2, 0.25) is 0 Å². The van der Waals surface area contributed by atoms with Crippen molar-refractivity contribution in [3.05, 3.63) is 35.9 Å². The van der Waals surface area contributed by atoms with Gasteiger partial charge in [0.05, 0.1) is 12.2 Å². The Labute approximate surface area is 99.6 Å². The van der Waals surface area contributed by atoms with Crippen LogP contribution in [0.3, 0.4) is 0 Å². The fourth-order valence-corrected chi connectivity index (χ4v) is 0.852. The van der Waals surface area contributed by atoms with Gasteiger partial charge in [0.1, 0.15) is 0 Å². The third-order valence-electron chi connectivity index (χ3n) is 1.45. The molecule has 0 radical (unpaired) electrons. The van der Waals surface area contributed by atoms with Crippen LogP contribution in [0.1, 0.15) is 51.4 Å². The van der Waals surface area contributed by atoms with Crippen LogP contribution in [0.15, 0.2) is 30.3 Å². The topological polar surface area (TPSA) is 26.3 Å². The van der Waals surface area contributed by atoms with Crippen molar-refractivity contribution in [2.75, 3.05) is 6.61 Å². The largest absolute Gasteiger partial charge is 0.462 e. The Morgan fingerprint density at radius 1 is 1.06 bits per heavy atom. The Balaban J connectivity index is 0. The van der Waals surface area contributed by atoms with E-state index < -0.39 is 0 Å². The van der Waals surface area contributed by atoms with Gasteiger partial charge in [0, 0.05) is 0 Å². The lowest BCUT2D eigenvalue weighted by Crippen LogP contribution is -2.05. The molecule has 0 amide bonds. The maximum atomic E-state index is 11.2. The third kappa shape index (κ3) is 8.04. The summed E-state index contributed by atoms with van der Waals surface area (Å²) in [6, 6.07) is 9.01. The van der Waals surface area contributed by atoms with Crippen LogP contribution in [0.4, 0.5) is 0 Å². The lowest BCUT2D eigenvalue weighted by atomic mass is 10.2. The quantitative estimate of drug-likeness (QED) is 0.715. The number of esters is 1. The number of carbonyl (C=O) groups is 1. The van der Waals surface area contributed by atoms with Crippen LogP contribution in [0, 0.1) is 0 Å². The number of hydrogen-bond donors (Lipinski definition) is 0. The van der Waals surface area contributed by atoms with Gasteiger partial charge in [-0.15, -0.1) is 0 Å². The van der Waals surface area contributed by atoms with E-state index in [-0.39, 0.29) is 5.97 Å². The summed E-state index contributed by atoms with van der Waals surface area (Å²) in [5, 5.41) is 0. The highest BCUT2D eigenvalue weighted by Gasteiger charge is 2.03. The zero-order valence-electron chi connectivity index (χ0n) is 11.1. The van der Waals surface area contributed by atoms with Crippen molar-refractivity contribution in [3.63, 3.8) is 0 Å². The number of carbonyl (C=O) groups excluding carboxylic acids is 1. The number of benzene rings is 1. The van der Waals surface area contributed by atoms with Crippen molar-refractivity contribution in [2.24, 2.45) is 0 Å². The van der Waals surface area contributed by atoms with Gasteiger partial charge in [-0.3, -0.25) is 0 Å². The molecule has 0 N–H and O–H groups in total. The van der Waals surface area contributed by atoms with Crippen molar-refractivity contribution in [1.82, 2.24) is 0 Å². The Bertz CT molecular complexity index is 242. The average molecular weight is 224 g/mol. The predicted molar refractivity (Wildman–Crippen MR) is 69.7 cm³/mol. The second-order valence-corrected chi connectivity index (χ2v) is 2.50. The van der Waals surface area contributed by atoms with Gasteiger partial charge in [-0.25, -0.2) is 4.79 Å². The summed E-state index contributed by atoms with van der Waals surface area (Å²) in [6.07, 6.45) is 0.860. The molecule has 0 spiro atoms. The molecule has 1 aromatic carbocycles. The lowest BCUT2D eigenvalue weighted by molar-refractivity contribution is 0.0505. The molecule has 0 heterocycles. The van der Waals surface area contributed by atoms with E-state index >= 15 is 0 Å². The monoisotopic (exact) mass is 224 g/mol. The van der Waals surface area contributed by atoms with Crippen molar-refractivity contribution in [1.29, 1.82) is 0 Å². The molecule has 1 rings (SSSR count). The number of ether oxygens (including phenoxy) is 1. The van der Waals surface area contributed by atoms with E-state index in [0.29, 0.717) is 12.2 Å². The van der Waals surface area contributed by atoms with Gasteiger partial charge in [-0.05, 0) is 18.6 Å². The SMILES string of the molecule is CC.CC.CCCOC(=O)c1ccccc1. The maximum absolute atomic E-state index is 11.2. The summed E-state index contributed by atoms with van der Waals surface area (Å²) in [5.74, 6) is -0.238. The fraction of sp³-hybridized carbons (Fsp3) is 0.500. The number of hydrogen-bond acceptors (Lipinski definition) is 2. The Kier molecular flexibility index (Phi) is 14.6. The van der Waals surface area contributed by atoms with Crippen LogP contribution in [-0.2, 0) is 4.74 Å². The molecule has 0 saturated carbocycles. The molecular weight excluding hydrogens is 200 g/mol. The molecule has 16 heavy (non-hydrogen) atoms. The molecule has 0 fully saturated rings. The number of rotatable bonds is 3. The Morgan fingerprint density at radius 3 is 2.00 bits per heavy atom. The van der Waals surface area contributed by atoms with E-state index in [1.165, 1.54) is 0 Å². The van der Waals surface area contributed by atoms with E-state index in [1.807, 2.05) is 52.8 Å². The van der Waals surface area contributed by atoms with E-state index in [0.717, 1.165) is 6.42 Å². The van der Waals surface area contributed by atoms with E-state index in [9.17, 15) is 4.79 Å². The van der Waals surface area contributed by atoms with Crippen molar-refractivity contribution >= 4 is 5.97 Å². The first-order valence-corrected chi connectivity index (χ1v) is 6.06. The highest BCUT2D eigenvalue weighted by atomic mass is 16.5. The Morgan fingerprint density at radius 2 is 1.56 bits per heavy atom. The molecule has 0 aliphatic carbocycles. The normalized spacial score (nSPS) is 7.81. The highest BCUT2D eigenvalue weighted by molar-refractivity contribution is 5.89. The Hall–Kier alpha value is -1.31. The van der Waals surface area contributed by atoms with Gasteiger partial charge < -0.3 is 4.74 Å². The van der Waals surface area contributed by atoms with Gasteiger partial charge in [-0.2, -0.15) is 0 Å². The first-order valence-electron chi connectivity index (χ1n) is 6.06. The van der Waals surface area contributed by atoms with Gasteiger partial charge in [-0.1, -0.05) is 52.8 Å². The van der Waals surface area contributed by atoms with Crippen LogP contribution < -0.4 is 0 Å². The van der Waals surface area contributed by atoms with Crippen LogP contribution in [0.5, 0.6) is 0 Å². The predicted octanol–water partition coefficient (Wildman–Crippen LogP) is 4.31. The first kappa shape index (κ1) is 17.1. The molecule has 2 heteroatoms. The smallest absolute Gasteiger partial charge is 0.338 e. The lowest BCUT2D eigenvalue weighted by Gasteiger charge is -2.01. The van der Waals surface area contributed by atoms with Gasteiger partial charge in [0.15, 0.2) is 0 Å². The van der Waals surface area contributed by atoms with E-state index in [1.54, 1.807) is 12.1 Å². The summed E-state index contributed by atoms with van der Waals surface area (Å²) in [5.41, 5.74) is 0.617. The van der Waals surface area contributed by atoms with Crippen LogP contribution in [0.25, 0.3) is 0 Å². The van der Waals surface area contributed by atoms with Gasteiger partial charge >= 0.3 is 5.97 Å². The highest BCUT2D eigenvalue weighted by Crippen LogP contribution is 2.00. The molecule has 0 saturated heterocycles. The molecule has 92 valence electrons. The van der Waals surface area contributed by atoms with Gasteiger partial charge in [0.25, 0.3) is 0 Å². The summed E-state index contributed by atoms with van der Waals surface area (Å²) in [6.45, 7) is 10.5. The average Bonchev–Trinajstić information content (AvgIpc) is 2.41. The molecule has 0 aliphatic rings. The molecule has 0 atom stereocenters. The van der Waals surface area contributed by atoms with Crippen LogP contribution in [-0.4, -0.2) is 12.6 Å². The molecule has 0 aliphatic heterocycles. The minimum atomic E-state index is -0.238. The second-order valence-electron chi connectivity index (χ2n) is 2.50. The standard InChI is InChI=1S/C10H12O2.2C2H6/c1-2-8-12-10(11)9-6-4-3-5-7-9;2*1-2/h3-7H,2,8H2,1H3;2*1-2H3. The molecule has 0 aromatic heterocycles. The maximum Gasteiger partial charge on any atom is 0.338 e. The van der Waals surface area contributed by atoms with E-state index in [4.69, 9.17) is 4.74 Å². The molecular formula is C14H24O2. The van der Waals surface area contributed by atoms with Crippen molar-refractivity contribution < 1.29 is 9.53 Å². The third-order valence-corrected chi connectivity index (χ3v) is 1.45.